The van der Waals surface area contributed by atoms with Crippen molar-refractivity contribution in [2.45, 2.75) is 0 Å². The van der Waals surface area contributed by atoms with E-state index in [0.29, 0.717) is 0 Å². The molecule has 40 heavy (non-hydrogen) atoms. The van der Waals surface area contributed by atoms with Crippen LogP contribution in [0.1, 0.15) is 0 Å². The Hall–Kier alpha value is -4.95. The number of nitrogens with zero attached hydrogens (tertiary/aromatic N) is 2. The Kier molecular flexibility index (Phi) is 3.86. The van der Waals surface area contributed by atoms with Gasteiger partial charge in [-0.1, -0.05) is 113 Å². The first kappa shape index (κ1) is 20.9. The zero-order valence-corrected chi connectivity index (χ0v) is 21.7. The largest absolute Gasteiger partial charge is 0.310 e. The lowest BCUT2D eigenvalue weighted by atomic mass is 9.27. The molecule has 4 heterocycles. The zero-order valence-electron chi connectivity index (χ0n) is 21.7. The van der Waals surface area contributed by atoms with Crippen LogP contribution in [0, 0.1) is 0 Å². The predicted octanol–water partition coefficient (Wildman–Crippen LogP) is 4.68. The van der Waals surface area contributed by atoms with Gasteiger partial charge >= 0.3 is 0 Å². The van der Waals surface area contributed by atoms with Crippen LogP contribution in [0.25, 0.3) is 55.0 Å². The minimum Gasteiger partial charge on any atom is -0.310 e. The van der Waals surface area contributed by atoms with Crippen molar-refractivity contribution in [2.75, 3.05) is 0 Å². The average molecular weight is 503 g/mol. The summed E-state index contributed by atoms with van der Waals surface area (Å²) >= 11 is 0. The van der Waals surface area contributed by atoms with E-state index in [9.17, 15) is 0 Å². The number of para-hydroxylation sites is 3. The molecule has 0 aliphatic carbocycles. The fraction of sp³-hybridized carbons (Fsp3) is 0. The van der Waals surface area contributed by atoms with Gasteiger partial charge in [-0.25, -0.2) is 0 Å². The third kappa shape index (κ3) is 2.48. The number of hydrogen-bond acceptors (Lipinski definition) is 0. The third-order valence-corrected chi connectivity index (χ3v) is 9.20. The van der Waals surface area contributed by atoms with Gasteiger partial charge in [0.2, 0.25) is 6.71 Å². The third-order valence-electron chi connectivity index (χ3n) is 9.20. The van der Waals surface area contributed by atoms with Crippen molar-refractivity contribution >= 4 is 84.9 Å². The number of benzene rings is 6. The van der Waals surface area contributed by atoms with Crippen molar-refractivity contribution in [3.8, 4) is 11.4 Å². The van der Waals surface area contributed by atoms with Gasteiger partial charge in [-0.3, -0.25) is 0 Å². The van der Waals surface area contributed by atoms with Crippen molar-refractivity contribution in [1.82, 2.24) is 9.13 Å². The van der Waals surface area contributed by atoms with Gasteiger partial charge in [0.05, 0.1) is 16.6 Å². The first-order valence-electron chi connectivity index (χ1n) is 14.0. The van der Waals surface area contributed by atoms with Crippen LogP contribution in [0.5, 0.6) is 0 Å². The van der Waals surface area contributed by atoms with Crippen LogP contribution in [0.3, 0.4) is 0 Å². The van der Waals surface area contributed by atoms with E-state index in [0.717, 1.165) is 0 Å². The molecule has 0 unspecified atom stereocenters. The van der Waals surface area contributed by atoms with Crippen LogP contribution in [0.2, 0.25) is 0 Å². The number of hydrogen-bond donors (Lipinski definition) is 0. The monoisotopic (exact) mass is 503 g/mol. The normalized spacial score (nSPS) is 13.2. The second-order valence-corrected chi connectivity index (χ2v) is 11.1. The van der Waals surface area contributed by atoms with Gasteiger partial charge in [-0.05, 0) is 41.9 Å². The molecule has 0 fully saturated rings. The summed E-state index contributed by atoms with van der Waals surface area (Å²) < 4.78 is 4.97. The minimum atomic E-state index is 0.237. The van der Waals surface area contributed by atoms with E-state index >= 15 is 0 Å². The molecule has 0 saturated carbocycles. The van der Waals surface area contributed by atoms with E-state index in [1.54, 1.807) is 0 Å². The number of fused-ring (bicyclic) bond motifs is 10. The zero-order chi connectivity index (χ0) is 25.9. The van der Waals surface area contributed by atoms with Crippen LogP contribution < -0.4 is 27.3 Å². The summed E-state index contributed by atoms with van der Waals surface area (Å²) in [5.74, 6) is 0. The molecule has 0 amide bonds. The van der Waals surface area contributed by atoms with E-state index < -0.39 is 0 Å². The predicted molar refractivity (Wildman–Crippen MR) is 171 cm³/mol. The van der Waals surface area contributed by atoms with Crippen molar-refractivity contribution in [3.63, 3.8) is 0 Å². The van der Waals surface area contributed by atoms with Gasteiger partial charge in [-0.15, -0.1) is 0 Å². The molecule has 2 nitrogen and oxygen atoms in total. The Morgan fingerprint density at radius 2 is 1.15 bits per heavy atom. The molecule has 8 aromatic rings. The fourth-order valence-corrected chi connectivity index (χ4v) is 7.65. The van der Waals surface area contributed by atoms with Gasteiger partial charge in [0.25, 0.3) is 0 Å². The van der Waals surface area contributed by atoms with Gasteiger partial charge in [-0.2, -0.15) is 0 Å². The lowest BCUT2D eigenvalue weighted by Crippen LogP contribution is -2.70. The first-order chi connectivity index (χ1) is 19.9. The Morgan fingerprint density at radius 1 is 0.475 bits per heavy atom. The molecule has 2 aromatic heterocycles. The average Bonchev–Trinajstić information content (AvgIpc) is 3.51. The highest BCUT2D eigenvalue weighted by atomic mass is 15.0. The molecular formula is C36H21B2N2. The minimum absolute atomic E-state index is 0.237. The summed E-state index contributed by atoms with van der Waals surface area (Å²) in [6, 6.07) is 47.1. The van der Waals surface area contributed by atoms with Crippen molar-refractivity contribution in [2.24, 2.45) is 0 Å². The molecule has 0 spiro atoms. The molecular weight excluding hydrogens is 482 g/mol. The molecule has 0 saturated heterocycles. The summed E-state index contributed by atoms with van der Waals surface area (Å²) in [5, 5.41) is 5.20. The Labute approximate surface area is 232 Å². The maximum atomic E-state index is 2.55. The second-order valence-electron chi connectivity index (χ2n) is 11.1. The highest BCUT2D eigenvalue weighted by Crippen LogP contribution is 2.39. The first-order valence-corrected chi connectivity index (χ1v) is 14.0. The van der Waals surface area contributed by atoms with Gasteiger partial charge in [0, 0.05) is 38.4 Å². The molecule has 10 rings (SSSR count). The van der Waals surface area contributed by atoms with Crippen LogP contribution in [-0.2, 0) is 0 Å². The smallest absolute Gasteiger partial charge is 0.245 e. The van der Waals surface area contributed by atoms with Crippen molar-refractivity contribution in [3.05, 3.63) is 127 Å². The lowest BCUT2D eigenvalue weighted by Gasteiger charge is -2.33. The topological polar surface area (TPSA) is 9.86 Å². The molecule has 1 radical (unpaired) electrons. The van der Waals surface area contributed by atoms with E-state index in [4.69, 9.17) is 0 Å². The Morgan fingerprint density at radius 3 is 2.08 bits per heavy atom. The van der Waals surface area contributed by atoms with Crippen LogP contribution in [0.15, 0.2) is 127 Å². The quantitative estimate of drug-likeness (QED) is 0.288. The standard InChI is InChI=1S/C36H21B2N2/c1-2-10-22(11-3-1)39-31-18-7-4-12-23(31)25-20-34-26(21-33(25)39)24-13-8-17-30-36(24)40(34)32-19-9-15-28-35(32)38(30)29-16-6-5-14-27(29)37-28/h1-21H. The Balaban J connectivity index is 1.40. The molecule has 181 valence electrons. The van der Waals surface area contributed by atoms with Gasteiger partial charge < -0.3 is 9.13 Å². The van der Waals surface area contributed by atoms with Crippen LogP contribution in [0.4, 0.5) is 0 Å². The highest BCUT2D eigenvalue weighted by Gasteiger charge is 2.38. The SMILES string of the molecule is [B]1c2ccccc2B2c3c1cccc3-n1c3cc4c5ccccc5n(-c5ccccc5)c4cc3c3cccc2c31. The fourth-order valence-electron chi connectivity index (χ4n) is 7.65. The van der Waals surface area contributed by atoms with Gasteiger partial charge in [0.1, 0.15) is 0 Å². The molecule has 2 aliphatic heterocycles. The van der Waals surface area contributed by atoms with Gasteiger partial charge in [0.15, 0.2) is 7.28 Å². The Bertz CT molecular complexity index is 2360. The summed E-state index contributed by atoms with van der Waals surface area (Å²) in [6.45, 7) is 0.237. The van der Waals surface area contributed by atoms with Crippen molar-refractivity contribution < 1.29 is 0 Å². The molecule has 6 aromatic carbocycles. The summed E-state index contributed by atoms with van der Waals surface area (Å²) in [5.41, 5.74) is 14.5. The summed E-state index contributed by atoms with van der Waals surface area (Å²) in [6.07, 6.45) is 0. The van der Waals surface area contributed by atoms with E-state index in [1.807, 2.05) is 0 Å². The molecule has 2 aliphatic rings. The van der Waals surface area contributed by atoms with Crippen LogP contribution in [-0.4, -0.2) is 23.1 Å². The molecule has 0 atom stereocenters. The highest BCUT2D eigenvalue weighted by molar-refractivity contribution is 7.05. The molecule has 0 bridgehead atoms. The summed E-state index contributed by atoms with van der Waals surface area (Å²) in [4.78, 5) is 0. The number of aromatic nitrogens is 2. The molecule has 0 N–H and O–H groups in total. The van der Waals surface area contributed by atoms with E-state index in [2.05, 4.69) is 144 Å². The maximum Gasteiger partial charge on any atom is 0.245 e. The van der Waals surface area contributed by atoms with E-state index in [1.165, 1.54) is 82.3 Å². The maximum absolute atomic E-state index is 2.55. The van der Waals surface area contributed by atoms with Crippen LogP contribution >= 0.6 is 0 Å². The number of rotatable bonds is 1. The lowest BCUT2D eigenvalue weighted by molar-refractivity contribution is 1.18. The molecule has 4 heteroatoms. The van der Waals surface area contributed by atoms with E-state index in [-0.39, 0.29) is 6.71 Å². The summed E-state index contributed by atoms with van der Waals surface area (Å²) in [7, 11) is 2.37. The van der Waals surface area contributed by atoms with Crippen molar-refractivity contribution in [1.29, 1.82) is 0 Å². The second kappa shape index (κ2) is 7.37.